The minimum absolute atomic E-state index is 0.270. The summed E-state index contributed by atoms with van der Waals surface area (Å²) in [7, 11) is 1.79. The Labute approximate surface area is 118 Å². The lowest BCUT2D eigenvalue weighted by Crippen LogP contribution is -2.12. The quantitative estimate of drug-likeness (QED) is 0.942. The minimum atomic E-state index is -0.463. The van der Waals surface area contributed by atoms with Gasteiger partial charge >= 0.3 is 0 Å². The van der Waals surface area contributed by atoms with Gasteiger partial charge in [0.15, 0.2) is 0 Å². The number of aryl methyl sites for hydroxylation is 2. The van der Waals surface area contributed by atoms with E-state index in [4.69, 9.17) is 0 Å². The zero-order chi connectivity index (χ0) is 14.0. The summed E-state index contributed by atoms with van der Waals surface area (Å²) in [5.74, 6) is -0.816. The highest BCUT2D eigenvalue weighted by Crippen LogP contribution is 2.19. The number of rotatable bonds is 3. The largest absolute Gasteiger partial charge is 0.319 e. The maximum Gasteiger partial charge on any atom is 0.255 e. The number of aromatic nitrogens is 2. The summed E-state index contributed by atoms with van der Waals surface area (Å²) in [5, 5.41) is 6.97. The predicted octanol–water partition coefficient (Wildman–Crippen LogP) is 3.14. The summed E-state index contributed by atoms with van der Waals surface area (Å²) in [6, 6.07) is 4.26. The van der Waals surface area contributed by atoms with Gasteiger partial charge in [0, 0.05) is 18.8 Å². The van der Waals surface area contributed by atoms with Crippen LogP contribution in [-0.4, -0.2) is 15.7 Å². The van der Waals surface area contributed by atoms with Crippen molar-refractivity contribution in [1.29, 1.82) is 0 Å². The zero-order valence-corrected chi connectivity index (χ0v) is 12.2. The summed E-state index contributed by atoms with van der Waals surface area (Å²) in [6.07, 6.45) is 2.44. The van der Waals surface area contributed by atoms with Crippen molar-refractivity contribution >= 4 is 27.5 Å². The Morgan fingerprint density at radius 1 is 1.53 bits per heavy atom. The summed E-state index contributed by atoms with van der Waals surface area (Å²) in [6.45, 7) is 1.96. The monoisotopic (exact) mass is 325 g/mol. The first kappa shape index (κ1) is 13.7. The maximum atomic E-state index is 13.4. The van der Waals surface area contributed by atoms with E-state index in [9.17, 15) is 9.18 Å². The third-order valence-electron chi connectivity index (χ3n) is 2.67. The third-order valence-corrected chi connectivity index (χ3v) is 3.31. The van der Waals surface area contributed by atoms with E-state index in [-0.39, 0.29) is 11.5 Å². The molecule has 0 unspecified atom stereocenters. The maximum absolute atomic E-state index is 13.4. The molecule has 0 aliphatic rings. The number of hydrogen-bond donors (Lipinski definition) is 1. The fourth-order valence-electron chi connectivity index (χ4n) is 1.73. The molecule has 1 heterocycles. The molecule has 6 heteroatoms. The SMILES string of the molecule is CCc1nn(C)cc1NC(=O)c1ccc(Br)c(F)c1. The Balaban J connectivity index is 2.22. The van der Waals surface area contributed by atoms with Crippen LogP contribution in [0.1, 0.15) is 23.0 Å². The van der Waals surface area contributed by atoms with Gasteiger partial charge < -0.3 is 5.32 Å². The highest BCUT2D eigenvalue weighted by atomic mass is 79.9. The second-order valence-electron chi connectivity index (χ2n) is 4.10. The number of anilines is 1. The van der Waals surface area contributed by atoms with Crippen LogP contribution in [0.5, 0.6) is 0 Å². The van der Waals surface area contributed by atoms with Crippen molar-refractivity contribution in [2.24, 2.45) is 7.05 Å². The van der Waals surface area contributed by atoms with E-state index in [2.05, 4.69) is 26.3 Å². The van der Waals surface area contributed by atoms with Crippen molar-refractivity contribution in [2.45, 2.75) is 13.3 Å². The van der Waals surface area contributed by atoms with E-state index < -0.39 is 5.82 Å². The Kier molecular flexibility index (Phi) is 3.99. The van der Waals surface area contributed by atoms with E-state index in [1.54, 1.807) is 24.0 Å². The Morgan fingerprint density at radius 3 is 2.89 bits per heavy atom. The van der Waals surface area contributed by atoms with Crippen molar-refractivity contribution in [3.8, 4) is 0 Å². The first-order chi connectivity index (χ1) is 9.01. The van der Waals surface area contributed by atoms with Gasteiger partial charge in [0.1, 0.15) is 5.82 Å². The van der Waals surface area contributed by atoms with Crippen LogP contribution in [0, 0.1) is 5.82 Å². The summed E-state index contributed by atoms with van der Waals surface area (Å²) >= 11 is 3.05. The second-order valence-corrected chi connectivity index (χ2v) is 4.95. The topological polar surface area (TPSA) is 46.9 Å². The molecule has 100 valence electrons. The van der Waals surface area contributed by atoms with Gasteiger partial charge in [0.2, 0.25) is 0 Å². The number of carbonyl (C=O) groups excluding carboxylic acids is 1. The van der Waals surface area contributed by atoms with Gasteiger partial charge in [-0.25, -0.2) is 4.39 Å². The van der Waals surface area contributed by atoms with E-state index in [0.717, 1.165) is 5.69 Å². The van der Waals surface area contributed by atoms with Crippen LogP contribution in [0.15, 0.2) is 28.9 Å². The summed E-state index contributed by atoms with van der Waals surface area (Å²) in [5.41, 5.74) is 1.72. The molecule has 1 amide bonds. The lowest BCUT2D eigenvalue weighted by atomic mass is 10.2. The molecule has 1 aromatic carbocycles. The van der Waals surface area contributed by atoms with Gasteiger partial charge in [-0.1, -0.05) is 6.92 Å². The third kappa shape index (κ3) is 3.01. The molecule has 4 nitrogen and oxygen atoms in total. The molecule has 0 fully saturated rings. The van der Waals surface area contributed by atoms with Crippen molar-refractivity contribution < 1.29 is 9.18 Å². The van der Waals surface area contributed by atoms with E-state index >= 15 is 0 Å². The van der Waals surface area contributed by atoms with Gasteiger partial charge in [-0.15, -0.1) is 0 Å². The molecule has 0 saturated heterocycles. The zero-order valence-electron chi connectivity index (χ0n) is 10.6. The van der Waals surface area contributed by atoms with Gasteiger partial charge in [-0.05, 0) is 40.5 Å². The van der Waals surface area contributed by atoms with Crippen LogP contribution in [0.25, 0.3) is 0 Å². The summed E-state index contributed by atoms with van der Waals surface area (Å²) < 4.78 is 15.4. The molecular weight excluding hydrogens is 313 g/mol. The van der Waals surface area contributed by atoms with Gasteiger partial charge in [0.05, 0.1) is 15.9 Å². The lowest BCUT2D eigenvalue weighted by molar-refractivity contribution is 0.102. The van der Waals surface area contributed by atoms with Crippen LogP contribution < -0.4 is 5.32 Å². The Bertz CT molecular complexity index is 624. The van der Waals surface area contributed by atoms with Crippen molar-refractivity contribution in [3.63, 3.8) is 0 Å². The van der Waals surface area contributed by atoms with E-state index in [0.29, 0.717) is 16.6 Å². The first-order valence-corrected chi connectivity index (χ1v) is 6.59. The normalized spacial score (nSPS) is 10.5. The number of nitrogens with zero attached hydrogens (tertiary/aromatic N) is 2. The van der Waals surface area contributed by atoms with Crippen LogP contribution in [0.3, 0.4) is 0 Å². The second kappa shape index (κ2) is 5.52. The van der Waals surface area contributed by atoms with Gasteiger partial charge in [-0.2, -0.15) is 5.10 Å². The van der Waals surface area contributed by atoms with E-state index in [1.807, 2.05) is 6.92 Å². The number of carbonyl (C=O) groups is 1. The van der Waals surface area contributed by atoms with Crippen molar-refractivity contribution in [1.82, 2.24) is 9.78 Å². The average Bonchev–Trinajstić information content (AvgIpc) is 2.72. The minimum Gasteiger partial charge on any atom is -0.319 e. The molecule has 2 rings (SSSR count). The molecule has 2 aromatic rings. The number of nitrogens with one attached hydrogen (secondary N) is 1. The molecule has 0 radical (unpaired) electrons. The Morgan fingerprint density at radius 2 is 2.26 bits per heavy atom. The smallest absolute Gasteiger partial charge is 0.255 e. The van der Waals surface area contributed by atoms with Crippen LogP contribution in [0.2, 0.25) is 0 Å². The number of hydrogen-bond acceptors (Lipinski definition) is 2. The van der Waals surface area contributed by atoms with Gasteiger partial charge in [-0.3, -0.25) is 9.48 Å². The Hall–Kier alpha value is -1.69. The first-order valence-electron chi connectivity index (χ1n) is 5.80. The fourth-order valence-corrected chi connectivity index (χ4v) is 1.98. The van der Waals surface area contributed by atoms with Crippen molar-refractivity contribution in [3.05, 3.63) is 45.9 Å². The number of halogens is 2. The standard InChI is InChI=1S/C13H13BrFN3O/c1-3-11-12(7-18(2)17-11)16-13(19)8-4-5-9(14)10(15)6-8/h4-7H,3H2,1-2H3,(H,16,19). The molecule has 1 N–H and O–H groups in total. The lowest BCUT2D eigenvalue weighted by Gasteiger charge is -2.05. The average molecular weight is 326 g/mol. The van der Waals surface area contributed by atoms with E-state index in [1.165, 1.54) is 12.1 Å². The molecule has 0 bridgehead atoms. The molecule has 1 aromatic heterocycles. The van der Waals surface area contributed by atoms with Crippen LogP contribution in [0.4, 0.5) is 10.1 Å². The molecule has 0 aliphatic carbocycles. The van der Waals surface area contributed by atoms with Crippen molar-refractivity contribution in [2.75, 3.05) is 5.32 Å². The summed E-state index contributed by atoms with van der Waals surface area (Å²) in [4.78, 5) is 12.0. The number of benzene rings is 1. The molecule has 0 aliphatic heterocycles. The fraction of sp³-hybridized carbons (Fsp3) is 0.231. The molecule has 0 saturated carbocycles. The molecule has 19 heavy (non-hydrogen) atoms. The number of amides is 1. The van der Waals surface area contributed by atoms with Crippen LogP contribution in [-0.2, 0) is 13.5 Å². The van der Waals surface area contributed by atoms with Gasteiger partial charge in [0.25, 0.3) is 5.91 Å². The highest BCUT2D eigenvalue weighted by molar-refractivity contribution is 9.10. The predicted molar refractivity (Wildman–Crippen MR) is 74.6 cm³/mol. The molecule has 0 atom stereocenters. The highest BCUT2D eigenvalue weighted by Gasteiger charge is 2.12. The molecule has 0 spiro atoms. The van der Waals surface area contributed by atoms with Crippen LogP contribution >= 0.6 is 15.9 Å². The molecular formula is C13H13BrFN3O.